The van der Waals surface area contributed by atoms with Crippen LogP contribution in [0.25, 0.3) is 22.1 Å². The Balaban J connectivity index is 2.48. The van der Waals surface area contributed by atoms with E-state index < -0.39 is 0 Å². The summed E-state index contributed by atoms with van der Waals surface area (Å²) in [5.74, 6) is 0. The first kappa shape index (κ1) is 16.0. The Bertz CT molecular complexity index is 852. The molecule has 0 spiro atoms. The molecule has 4 heteroatoms. The molecule has 0 fully saturated rings. The number of nitrogens with zero attached hydrogens (tertiary/aromatic N) is 4. The van der Waals surface area contributed by atoms with E-state index in [-0.39, 0.29) is 0 Å². The molecule has 4 nitrogen and oxygen atoms in total. The third-order valence-corrected chi connectivity index (χ3v) is 3.89. The predicted molar refractivity (Wildman–Crippen MR) is 98.0 cm³/mol. The zero-order valence-corrected chi connectivity index (χ0v) is 14.4. The number of aryl methyl sites for hydroxylation is 4. The lowest BCUT2D eigenvalue weighted by atomic mass is 10.3. The lowest BCUT2D eigenvalue weighted by molar-refractivity contribution is 1.11. The van der Waals surface area contributed by atoms with Crippen molar-refractivity contribution in [2.24, 2.45) is 0 Å². The van der Waals surface area contributed by atoms with Crippen molar-refractivity contribution in [1.82, 2.24) is 19.9 Å². The minimum atomic E-state index is 0.872. The fourth-order valence-corrected chi connectivity index (χ4v) is 2.36. The van der Waals surface area contributed by atoms with Gasteiger partial charge >= 0.3 is 0 Å². The molecule has 2 aromatic carbocycles. The van der Waals surface area contributed by atoms with Crippen LogP contribution in [0.3, 0.4) is 0 Å². The van der Waals surface area contributed by atoms with Gasteiger partial charge in [-0.15, -0.1) is 0 Å². The van der Waals surface area contributed by atoms with E-state index in [4.69, 9.17) is 0 Å². The molecule has 120 valence electrons. The van der Waals surface area contributed by atoms with Gasteiger partial charge in [-0.05, 0) is 64.1 Å². The van der Waals surface area contributed by atoms with Crippen LogP contribution in [0.2, 0.25) is 0 Å². The minimum Gasteiger partial charge on any atom is -0.252 e. The molecule has 0 aliphatic heterocycles. The van der Waals surface area contributed by atoms with Gasteiger partial charge in [0.15, 0.2) is 0 Å². The van der Waals surface area contributed by atoms with Crippen LogP contribution in [0, 0.1) is 27.7 Å². The second kappa shape index (κ2) is 6.71. The molecule has 0 aliphatic carbocycles. The van der Waals surface area contributed by atoms with Crippen LogP contribution < -0.4 is 0 Å². The van der Waals surface area contributed by atoms with Crippen LogP contribution in [0.1, 0.15) is 22.8 Å². The molecular formula is C20H20N4. The van der Waals surface area contributed by atoms with Gasteiger partial charge < -0.3 is 0 Å². The lowest BCUT2D eigenvalue weighted by Crippen LogP contribution is -1.89. The van der Waals surface area contributed by atoms with Crippen molar-refractivity contribution in [3.8, 4) is 0 Å². The number of fused-ring (bicyclic) bond motifs is 4. The van der Waals surface area contributed by atoms with E-state index in [1.807, 2.05) is 76.2 Å². The van der Waals surface area contributed by atoms with E-state index >= 15 is 0 Å². The highest BCUT2D eigenvalue weighted by Crippen LogP contribution is 2.08. The highest BCUT2D eigenvalue weighted by atomic mass is 14.8. The molecular weight excluding hydrogens is 296 g/mol. The van der Waals surface area contributed by atoms with Gasteiger partial charge in [0, 0.05) is 0 Å². The van der Waals surface area contributed by atoms with E-state index in [0.717, 1.165) is 44.8 Å². The zero-order chi connectivity index (χ0) is 17.1. The maximum atomic E-state index is 4.67. The molecule has 3 rings (SSSR count). The smallest absolute Gasteiger partial charge is 0.0655 e. The number of hydrogen-bond acceptors (Lipinski definition) is 4. The Morgan fingerprint density at radius 2 is 0.708 bits per heavy atom. The van der Waals surface area contributed by atoms with Crippen molar-refractivity contribution in [3.05, 3.63) is 71.3 Å². The first-order chi connectivity index (χ1) is 11.5. The fraction of sp³-hybridized carbons (Fsp3) is 0.200. The molecule has 0 amide bonds. The van der Waals surface area contributed by atoms with Gasteiger partial charge in [0.1, 0.15) is 0 Å². The molecule has 1 aromatic heterocycles. The molecule has 4 bridgehead atoms. The summed E-state index contributed by atoms with van der Waals surface area (Å²) in [6, 6.07) is 15.8. The standard InChI is InChI=1S/C20H20N4/c1-13-14(2)22-18-8-6-10-20(12-18)24-16(4)15(3)23-19-9-5-7-17(11-19)21-13/h5-12H,1-4H3. The summed E-state index contributed by atoms with van der Waals surface area (Å²) in [5, 5.41) is 0. The third-order valence-electron chi connectivity index (χ3n) is 3.89. The highest BCUT2D eigenvalue weighted by Gasteiger charge is 1.96. The topological polar surface area (TPSA) is 51.6 Å². The molecule has 0 aliphatic rings. The van der Waals surface area contributed by atoms with Crippen LogP contribution in [0.5, 0.6) is 0 Å². The van der Waals surface area contributed by atoms with Crippen molar-refractivity contribution >= 4 is 22.1 Å². The van der Waals surface area contributed by atoms with E-state index in [9.17, 15) is 0 Å². The Labute approximate surface area is 141 Å². The quantitative estimate of drug-likeness (QED) is 0.613. The molecule has 0 atom stereocenters. The largest absolute Gasteiger partial charge is 0.252 e. The van der Waals surface area contributed by atoms with Crippen molar-refractivity contribution in [3.63, 3.8) is 0 Å². The van der Waals surface area contributed by atoms with Crippen molar-refractivity contribution in [1.29, 1.82) is 0 Å². The van der Waals surface area contributed by atoms with Gasteiger partial charge in [-0.1, -0.05) is 12.1 Å². The minimum absolute atomic E-state index is 0.872. The van der Waals surface area contributed by atoms with Crippen molar-refractivity contribution < 1.29 is 0 Å². The first-order valence-corrected chi connectivity index (χ1v) is 7.93. The molecule has 0 saturated heterocycles. The number of aromatic nitrogens is 4. The second-order valence-corrected chi connectivity index (χ2v) is 5.83. The normalized spacial score (nSPS) is 10.5. The fourth-order valence-electron chi connectivity index (χ4n) is 2.36. The van der Waals surface area contributed by atoms with Gasteiger partial charge in [-0.25, -0.2) is 0 Å². The number of hydrogen-bond donors (Lipinski definition) is 0. The van der Waals surface area contributed by atoms with Crippen LogP contribution in [-0.2, 0) is 0 Å². The van der Waals surface area contributed by atoms with Gasteiger partial charge in [-0.3, -0.25) is 19.9 Å². The zero-order valence-electron chi connectivity index (χ0n) is 14.4. The van der Waals surface area contributed by atoms with Crippen LogP contribution in [-0.4, -0.2) is 19.9 Å². The van der Waals surface area contributed by atoms with E-state index in [2.05, 4.69) is 19.9 Å². The van der Waals surface area contributed by atoms with E-state index in [0.29, 0.717) is 0 Å². The Morgan fingerprint density at radius 3 is 0.958 bits per heavy atom. The molecule has 0 N–H and O–H groups in total. The summed E-state index contributed by atoms with van der Waals surface area (Å²) in [4.78, 5) is 18.7. The summed E-state index contributed by atoms with van der Waals surface area (Å²) in [7, 11) is 0. The molecule has 24 heavy (non-hydrogen) atoms. The summed E-state index contributed by atoms with van der Waals surface area (Å²) < 4.78 is 0. The Kier molecular flexibility index (Phi) is 4.47. The predicted octanol–water partition coefficient (Wildman–Crippen LogP) is 4.49. The van der Waals surface area contributed by atoms with E-state index in [1.54, 1.807) is 0 Å². The summed E-state index contributed by atoms with van der Waals surface area (Å²) in [6.07, 6.45) is 0. The molecule has 0 radical (unpaired) electrons. The number of rotatable bonds is 0. The Morgan fingerprint density at radius 1 is 0.458 bits per heavy atom. The van der Waals surface area contributed by atoms with E-state index in [1.165, 1.54) is 0 Å². The molecule has 3 aromatic rings. The first-order valence-electron chi connectivity index (χ1n) is 7.93. The monoisotopic (exact) mass is 316 g/mol. The van der Waals surface area contributed by atoms with Crippen LogP contribution in [0.4, 0.5) is 0 Å². The maximum absolute atomic E-state index is 4.67. The van der Waals surface area contributed by atoms with Gasteiger partial charge in [-0.2, -0.15) is 0 Å². The third kappa shape index (κ3) is 3.71. The molecule has 1 heterocycles. The maximum Gasteiger partial charge on any atom is 0.0655 e. The van der Waals surface area contributed by atoms with Crippen LogP contribution in [0.15, 0.2) is 48.5 Å². The SMILES string of the molecule is Cc1nc2cccc(c2)nc(C)c(C)nc2cccc(c2)nc1C. The highest BCUT2D eigenvalue weighted by molar-refractivity contribution is 5.61. The van der Waals surface area contributed by atoms with Gasteiger partial charge in [0.25, 0.3) is 0 Å². The van der Waals surface area contributed by atoms with Crippen molar-refractivity contribution in [2.45, 2.75) is 27.7 Å². The lowest BCUT2D eigenvalue weighted by Gasteiger charge is -1.98. The Hall–Kier alpha value is -2.88. The van der Waals surface area contributed by atoms with Crippen molar-refractivity contribution in [2.75, 3.05) is 0 Å². The van der Waals surface area contributed by atoms with Gasteiger partial charge in [0.2, 0.25) is 0 Å². The van der Waals surface area contributed by atoms with Crippen LogP contribution >= 0.6 is 0 Å². The van der Waals surface area contributed by atoms with Gasteiger partial charge in [0.05, 0.1) is 44.8 Å². The average Bonchev–Trinajstić information content (AvgIpc) is 2.54. The average molecular weight is 316 g/mol. The summed E-state index contributed by atoms with van der Waals surface area (Å²) in [6.45, 7) is 7.88. The molecule has 0 unspecified atom stereocenters. The molecule has 0 saturated carbocycles. The summed E-state index contributed by atoms with van der Waals surface area (Å²) in [5.41, 5.74) is 7.02. The number of benzene rings is 2. The second-order valence-electron chi connectivity index (χ2n) is 5.83. The summed E-state index contributed by atoms with van der Waals surface area (Å²) >= 11 is 0.